The lowest BCUT2D eigenvalue weighted by Gasteiger charge is -2.12. The topological polar surface area (TPSA) is 75.3 Å². The molecule has 6 nitrogen and oxygen atoms in total. The second kappa shape index (κ2) is 10.3. The number of rotatable bonds is 6. The van der Waals surface area contributed by atoms with E-state index in [1.807, 2.05) is 30.3 Å². The summed E-state index contributed by atoms with van der Waals surface area (Å²) in [6.45, 7) is 0. The first kappa shape index (κ1) is 23.4. The van der Waals surface area contributed by atoms with Crippen LogP contribution in [-0.4, -0.2) is 29.4 Å². The Morgan fingerprint density at radius 1 is 0.969 bits per heavy atom. The molecule has 0 aliphatic rings. The molecule has 0 fully saturated rings. The van der Waals surface area contributed by atoms with Crippen molar-refractivity contribution in [2.24, 2.45) is 0 Å². The van der Waals surface area contributed by atoms with Gasteiger partial charge in [-0.25, -0.2) is 0 Å². The van der Waals surface area contributed by atoms with Crippen LogP contribution in [0.25, 0.3) is 0 Å². The summed E-state index contributed by atoms with van der Waals surface area (Å²) in [5.74, 6) is -0.567. The van der Waals surface area contributed by atoms with Crippen LogP contribution < -0.4 is 20.7 Å². The maximum Gasteiger partial charge on any atom is 0.573 e. The minimum absolute atomic E-state index is 0.254. The maximum absolute atomic E-state index is 12.2. The monoisotopic (exact) mass is 478 g/mol. The fourth-order valence-corrected chi connectivity index (χ4v) is 3.58. The molecule has 0 saturated carbocycles. The van der Waals surface area contributed by atoms with Crippen molar-refractivity contribution in [3.05, 3.63) is 72.6 Å². The average molecular weight is 479 g/mol. The quantitative estimate of drug-likeness (QED) is 0.415. The van der Waals surface area contributed by atoms with Crippen LogP contribution in [0, 0.1) is 0 Å². The highest BCUT2D eigenvalue weighted by atomic mass is 32.2. The molecule has 0 aliphatic heterocycles. The van der Waals surface area contributed by atoms with E-state index in [0.29, 0.717) is 11.4 Å². The molecule has 2 aromatic carbocycles. The molecule has 0 atom stereocenters. The van der Waals surface area contributed by atoms with Gasteiger partial charge in [-0.15, -0.1) is 13.2 Å². The number of thiocarbonyl (C=S) groups is 1. The third kappa shape index (κ3) is 7.13. The number of hydrogen-bond acceptors (Lipinski definition) is 5. The highest BCUT2D eigenvalue weighted by Gasteiger charge is 2.30. The van der Waals surface area contributed by atoms with Crippen molar-refractivity contribution in [3.63, 3.8) is 0 Å². The highest BCUT2D eigenvalue weighted by molar-refractivity contribution is 7.99. The number of nitrogens with zero attached hydrogens (tertiary/aromatic N) is 1. The van der Waals surface area contributed by atoms with Gasteiger partial charge in [0.15, 0.2) is 5.11 Å². The van der Waals surface area contributed by atoms with Crippen molar-refractivity contribution < 1.29 is 22.7 Å². The van der Waals surface area contributed by atoms with Gasteiger partial charge < -0.3 is 20.7 Å². The molecule has 0 radical (unpaired) electrons. The molecule has 0 saturated heterocycles. The number of carbonyl (C=O) groups is 1. The number of carbonyl (C=O) groups excluding carboxylic acids is 1. The Morgan fingerprint density at radius 3 is 2.12 bits per heavy atom. The summed E-state index contributed by atoms with van der Waals surface area (Å²) in [4.78, 5) is 17.6. The summed E-state index contributed by atoms with van der Waals surface area (Å²) >= 11 is 6.72. The summed E-state index contributed by atoms with van der Waals surface area (Å²) < 4.78 is 40.5. The second-order valence-electron chi connectivity index (χ2n) is 6.23. The number of hydrogen-bond donors (Lipinski definition) is 3. The normalized spacial score (nSPS) is 10.9. The van der Waals surface area contributed by atoms with Crippen LogP contribution in [0.5, 0.6) is 5.75 Å². The molecule has 0 unspecified atom stereocenters. The van der Waals surface area contributed by atoms with Crippen LogP contribution in [0.15, 0.2) is 76.7 Å². The minimum Gasteiger partial charge on any atom is -0.406 e. The lowest BCUT2D eigenvalue weighted by molar-refractivity contribution is -0.274. The van der Waals surface area contributed by atoms with E-state index in [1.54, 1.807) is 19.3 Å². The van der Waals surface area contributed by atoms with Crippen LogP contribution in [0.2, 0.25) is 0 Å². The predicted octanol–water partition coefficient (Wildman–Crippen LogP) is 5.30. The van der Waals surface area contributed by atoms with Gasteiger partial charge in [-0.05, 0) is 72.9 Å². The number of nitrogens with one attached hydrogen (secondary N) is 3. The molecular weight excluding hydrogens is 461 g/mol. The number of alkyl halides is 3. The molecular formula is C21H17F3N4O2S2. The van der Waals surface area contributed by atoms with Crippen molar-refractivity contribution in [3.8, 4) is 5.75 Å². The Labute approximate surface area is 191 Å². The summed E-state index contributed by atoms with van der Waals surface area (Å²) in [5, 5.41) is 8.71. The van der Waals surface area contributed by atoms with Crippen molar-refractivity contribution >= 4 is 46.4 Å². The van der Waals surface area contributed by atoms with E-state index in [4.69, 9.17) is 12.2 Å². The first-order valence-electron chi connectivity index (χ1n) is 9.12. The van der Waals surface area contributed by atoms with E-state index >= 15 is 0 Å². The van der Waals surface area contributed by atoms with E-state index < -0.39 is 6.36 Å². The molecule has 1 heterocycles. The summed E-state index contributed by atoms with van der Waals surface area (Å²) in [7, 11) is 1.55. The van der Waals surface area contributed by atoms with Gasteiger partial charge in [0.1, 0.15) is 11.4 Å². The zero-order chi connectivity index (χ0) is 23.1. The minimum atomic E-state index is -4.74. The van der Waals surface area contributed by atoms with Gasteiger partial charge in [0.2, 0.25) is 0 Å². The van der Waals surface area contributed by atoms with Gasteiger partial charge in [-0.2, -0.15) is 0 Å². The van der Waals surface area contributed by atoms with E-state index in [2.05, 4.69) is 25.7 Å². The zero-order valence-corrected chi connectivity index (χ0v) is 18.2. The number of pyridine rings is 1. The summed E-state index contributed by atoms with van der Waals surface area (Å²) in [6.07, 6.45) is -3.16. The Kier molecular flexibility index (Phi) is 7.54. The highest BCUT2D eigenvalue weighted by Crippen LogP contribution is 2.29. The van der Waals surface area contributed by atoms with Crippen LogP contribution in [0.3, 0.4) is 0 Å². The molecule has 166 valence electrons. The molecule has 32 heavy (non-hydrogen) atoms. The molecule has 3 N–H and O–H groups in total. The lowest BCUT2D eigenvalue weighted by atomic mass is 10.3. The van der Waals surface area contributed by atoms with Gasteiger partial charge in [-0.3, -0.25) is 9.78 Å². The smallest absolute Gasteiger partial charge is 0.406 e. The Hall–Kier alpha value is -3.31. The molecule has 11 heteroatoms. The molecule has 0 aliphatic carbocycles. The first-order valence-corrected chi connectivity index (χ1v) is 10.3. The molecule has 0 spiro atoms. The van der Waals surface area contributed by atoms with E-state index in [0.717, 1.165) is 15.5 Å². The fraction of sp³-hybridized carbons (Fsp3) is 0.0952. The largest absolute Gasteiger partial charge is 0.573 e. The number of ether oxygens (including phenoxy) is 1. The average Bonchev–Trinajstić information content (AvgIpc) is 2.75. The standard InChI is InChI=1S/C21H17F3N4O2S2/c1-25-19(29)18-12-17(10-11-26-18)32-16-8-4-14(5-9-16)28-20(31)27-13-2-6-15(7-3-13)30-21(22,23)24/h2-12H,1H3,(H,25,29)(H2,27,28,31). The van der Waals surface area contributed by atoms with Gasteiger partial charge in [0.25, 0.3) is 5.91 Å². The molecule has 1 amide bonds. The lowest BCUT2D eigenvalue weighted by Crippen LogP contribution is -2.19. The second-order valence-corrected chi connectivity index (χ2v) is 7.79. The molecule has 0 bridgehead atoms. The van der Waals surface area contributed by atoms with Crippen molar-refractivity contribution in [2.45, 2.75) is 16.2 Å². The van der Waals surface area contributed by atoms with Gasteiger partial charge in [-0.1, -0.05) is 11.8 Å². The van der Waals surface area contributed by atoms with E-state index in [9.17, 15) is 18.0 Å². The third-order valence-corrected chi connectivity index (χ3v) is 5.09. The number of amides is 1. The van der Waals surface area contributed by atoms with Gasteiger partial charge in [0, 0.05) is 34.4 Å². The Balaban J connectivity index is 1.55. The summed E-state index contributed by atoms with van der Waals surface area (Å²) in [5.41, 5.74) is 1.57. The van der Waals surface area contributed by atoms with Crippen LogP contribution in [0.4, 0.5) is 24.5 Å². The van der Waals surface area contributed by atoms with Gasteiger partial charge >= 0.3 is 6.36 Å². The number of benzene rings is 2. The van der Waals surface area contributed by atoms with Crippen LogP contribution in [0.1, 0.15) is 10.5 Å². The van der Waals surface area contributed by atoms with Gasteiger partial charge in [0.05, 0.1) is 0 Å². The van der Waals surface area contributed by atoms with Crippen molar-refractivity contribution in [1.29, 1.82) is 0 Å². The Morgan fingerprint density at radius 2 is 1.56 bits per heavy atom. The number of halogens is 3. The molecule has 3 aromatic rings. The Bertz CT molecular complexity index is 1090. The van der Waals surface area contributed by atoms with Crippen molar-refractivity contribution in [2.75, 3.05) is 17.7 Å². The number of aromatic nitrogens is 1. The molecule has 1 aromatic heterocycles. The fourth-order valence-electron chi connectivity index (χ4n) is 2.50. The van der Waals surface area contributed by atoms with Crippen molar-refractivity contribution in [1.82, 2.24) is 10.3 Å². The molecule has 3 rings (SSSR count). The van der Waals surface area contributed by atoms with E-state index in [1.165, 1.54) is 36.0 Å². The zero-order valence-electron chi connectivity index (χ0n) is 16.6. The predicted molar refractivity (Wildman–Crippen MR) is 121 cm³/mol. The summed E-state index contributed by atoms with van der Waals surface area (Å²) in [6, 6.07) is 16.2. The first-order chi connectivity index (χ1) is 15.2. The van der Waals surface area contributed by atoms with Crippen LogP contribution >= 0.6 is 24.0 Å². The number of anilines is 2. The van der Waals surface area contributed by atoms with E-state index in [-0.39, 0.29) is 16.8 Å². The SMILES string of the molecule is CNC(=O)c1cc(Sc2ccc(NC(=S)Nc3ccc(OC(F)(F)F)cc3)cc2)ccn1. The third-order valence-electron chi connectivity index (χ3n) is 3.88. The maximum atomic E-state index is 12.2. The van der Waals surface area contributed by atoms with Crippen LogP contribution in [-0.2, 0) is 0 Å².